The number of aryl methyl sites for hydroxylation is 1. The zero-order chi connectivity index (χ0) is 21.8. The first-order valence-corrected chi connectivity index (χ1v) is 10.5. The standard InChI is InChI=1S/C25H25FN4O/c1-3-20(31)9-7-17-5-4-6-19(15-17)28-25-27-12-11-23(30-25)29-22-10-8-18-13-16(2)14-21(18)24(22)26/h4-6,8,10-12,14-15H,3,7,9,13H2,1-2H3,(H2,27,28,29,30). The van der Waals surface area contributed by atoms with Gasteiger partial charge in [-0.05, 0) is 55.2 Å². The minimum atomic E-state index is -0.267. The van der Waals surface area contributed by atoms with E-state index in [1.165, 1.54) is 0 Å². The number of hydrogen-bond acceptors (Lipinski definition) is 5. The predicted molar refractivity (Wildman–Crippen MR) is 122 cm³/mol. The Balaban J connectivity index is 1.47. The number of fused-ring (bicyclic) bond motifs is 1. The molecule has 0 bridgehead atoms. The fraction of sp³-hybridized carbons (Fsp3) is 0.240. The van der Waals surface area contributed by atoms with Crippen molar-refractivity contribution in [1.82, 2.24) is 9.97 Å². The lowest BCUT2D eigenvalue weighted by molar-refractivity contribution is -0.118. The van der Waals surface area contributed by atoms with Gasteiger partial charge in [-0.2, -0.15) is 4.98 Å². The van der Waals surface area contributed by atoms with Gasteiger partial charge in [0, 0.05) is 30.3 Å². The quantitative estimate of drug-likeness (QED) is 0.473. The van der Waals surface area contributed by atoms with Gasteiger partial charge in [0.05, 0.1) is 5.69 Å². The van der Waals surface area contributed by atoms with Gasteiger partial charge in [0.25, 0.3) is 0 Å². The van der Waals surface area contributed by atoms with Gasteiger partial charge in [0.15, 0.2) is 5.82 Å². The molecule has 31 heavy (non-hydrogen) atoms. The van der Waals surface area contributed by atoms with Crippen molar-refractivity contribution >= 4 is 35.0 Å². The van der Waals surface area contributed by atoms with Crippen molar-refractivity contribution in [2.75, 3.05) is 10.6 Å². The van der Waals surface area contributed by atoms with Crippen molar-refractivity contribution in [3.05, 3.63) is 76.7 Å². The van der Waals surface area contributed by atoms with E-state index in [0.717, 1.165) is 28.8 Å². The molecule has 4 rings (SSSR count). The number of benzene rings is 2. The summed E-state index contributed by atoms with van der Waals surface area (Å²) in [6.07, 6.45) is 6.11. The molecule has 1 heterocycles. The number of aromatic nitrogens is 2. The van der Waals surface area contributed by atoms with E-state index in [2.05, 4.69) is 20.6 Å². The summed E-state index contributed by atoms with van der Waals surface area (Å²) in [7, 11) is 0. The first-order chi connectivity index (χ1) is 15.0. The molecule has 6 heteroatoms. The first-order valence-electron chi connectivity index (χ1n) is 10.5. The molecular weight excluding hydrogens is 391 g/mol. The van der Waals surface area contributed by atoms with E-state index in [9.17, 15) is 9.18 Å². The zero-order valence-corrected chi connectivity index (χ0v) is 17.7. The number of nitrogens with one attached hydrogen (secondary N) is 2. The molecular formula is C25H25FN4O. The normalized spacial score (nSPS) is 12.3. The largest absolute Gasteiger partial charge is 0.338 e. The molecule has 0 aliphatic heterocycles. The van der Waals surface area contributed by atoms with Crippen LogP contribution in [0, 0.1) is 5.82 Å². The van der Waals surface area contributed by atoms with Crippen molar-refractivity contribution in [2.24, 2.45) is 0 Å². The average molecular weight is 417 g/mol. The lowest BCUT2D eigenvalue weighted by atomic mass is 10.1. The van der Waals surface area contributed by atoms with Crippen LogP contribution in [-0.4, -0.2) is 15.8 Å². The summed E-state index contributed by atoms with van der Waals surface area (Å²) in [5.74, 6) is 0.894. The fourth-order valence-electron chi connectivity index (χ4n) is 3.66. The number of Topliss-reactive ketones (excluding diaryl/α,β-unsaturated/α-hetero) is 1. The van der Waals surface area contributed by atoms with E-state index < -0.39 is 0 Å². The highest BCUT2D eigenvalue weighted by atomic mass is 19.1. The van der Waals surface area contributed by atoms with Gasteiger partial charge in [-0.15, -0.1) is 0 Å². The molecule has 0 atom stereocenters. The molecule has 0 saturated heterocycles. The van der Waals surface area contributed by atoms with Crippen molar-refractivity contribution in [2.45, 2.75) is 39.5 Å². The highest BCUT2D eigenvalue weighted by Gasteiger charge is 2.17. The number of carbonyl (C=O) groups is 1. The van der Waals surface area contributed by atoms with Gasteiger partial charge >= 0.3 is 0 Å². The van der Waals surface area contributed by atoms with Crippen LogP contribution in [-0.2, 0) is 17.6 Å². The second kappa shape index (κ2) is 9.08. The maximum Gasteiger partial charge on any atom is 0.229 e. The van der Waals surface area contributed by atoms with Crippen LogP contribution in [0.2, 0.25) is 0 Å². The molecule has 1 aliphatic rings. The topological polar surface area (TPSA) is 66.9 Å². The minimum Gasteiger partial charge on any atom is -0.338 e. The number of carbonyl (C=O) groups excluding carboxylic acids is 1. The minimum absolute atomic E-state index is 0.255. The van der Waals surface area contributed by atoms with Crippen LogP contribution in [0.3, 0.4) is 0 Å². The van der Waals surface area contributed by atoms with Crippen molar-refractivity contribution < 1.29 is 9.18 Å². The number of hydrogen-bond donors (Lipinski definition) is 2. The van der Waals surface area contributed by atoms with Gasteiger partial charge in [0.1, 0.15) is 11.6 Å². The molecule has 1 aromatic heterocycles. The van der Waals surface area contributed by atoms with Crippen molar-refractivity contribution in [1.29, 1.82) is 0 Å². The Morgan fingerprint density at radius 2 is 2.03 bits per heavy atom. The molecule has 0 unspecified atom stereocenters. The van der Waals surface area contributed by atoms with E-state index in [-0.39, 0.29) is 11.6 Å². The number of anilines is 4. The molecule has 3 aromatic rings. The molecule has 0 radical (unpaired) electrons. The number of allylic oxidation sites excluding steroid dienone is 1. The molecule has 2 N–H and O–H groups in total. The van der Waals surface area contributed by atoms with Crippen molar-refractivity contribution in [3.8, 4) is 0 Å². The van der Waals surface area contributed by atoms with E-state index in [1.54, 1.807) is 18.3 Å². The second-order valence-corrected chi connectivity index (χ2v) is 7.78. The molecule has 0 spiro atoms. The summed E-state index contributed by atoms with van der Waals surface area (Å²) < 4.78 is 14.9. The molecule has 0 saturated carbocycles. The van der Waals surface area contributed by atoms with E-state index in [0.29, 0.717) is 42.3 Å². The Labute approximate surface area is 181 Å². The van der Waals surface area contributed by atoms with Gasteiger partial charge in [-0.25, -0.2) is 9.37 Å². The summed E-state index contributed by atoms with van der Waals surface area (Å²) >= 11 is 0. The van der Waals surface area contributed by atoms with Crippen LogP contribution in [0.15, 0.2) is 54.2 Å². The molecule has 5 nitrogen and oxygen atoms in total. The SMILES string of the molecule is CCC(=O)CCc1cccc(Nc2nccc(Nc3ccc4c(c3F)C=C(C)C4)n2)c1. The number of ketones is 1. The molecule has 158 valence electrons. The van der Waals surface area contributed by atoms with Crippen LogP contribution >= 0.6 is 0 Å². The molecule has 1 aliphatic carbocycles. The average Bonchev–Trinajstić information content (AvgIpc) is 3.16. The monoisotopic (exact) mass is 416 g/mol. The maximum atomic E-state index is 14.9. The number of halogens is 1. The van der Waals surface area contributed by atoms with E-state index >= 15 is 0 Å². The zero-order valence-electron chi connectivity index (χ0n) is 17.7. The summed E-state index contributed by atoms with van der Waals surface area (Å²) in [5, 5.41) is 6.24. The Bertz CT molecular complexity index is 1160. The third-order valence-electron chi connectivity index (χ3n) is 5.32. The Morgan fingerprint density at radius 3 is 2.87 bits per heavy atom. The molecule has 0 fully saturated rings. The van der Waals surface area contributed by atoms with Gasteiger partial charge in [0.2, 0.25) is 5.95 Å². The molecule has 2 aromatic carbocycles. The number of rotatable bonds is 8. The smallest absolute Gasteiger partial charge is 0.229 e. The van der Waals surface area contributed by atoms with Crippen LogP contribution < -0.4 is 10.6 Å². The summed E-state index contributed by atoms with van der Waals surface area (Å²) in [6.45, 7) is 3.89. The van der Waals surface area contributed by atoms with E-state index in [1.807, 2.05) is 50.3 Å². The third-order valence-corrected chi connectivity index (χ3v) is 5.32. The lowest BCUT2D eigenvalue weighted by Gasteiger charge is -2.11. The highest BCUT2D eigenvalue weighted by molar-refractivity contribution is 5.78. The Hall–Kier alpha value is -3.54. The first kappa shape index (κ1) is 20.7. The fourth-order valence-corrected chi connectivity index (χ4v) is 3.66. The summed E-state index contributed by atoms with van der Waals surface area (Å²) in [5.41, 5.74) is 5.10. The van der Waals surface area contributed by atoms with Crippen LogP contribution in [0.25, 0.3) is 6.08 Å². The van der Waals surface area contributed by atoms with Gasteiger partial charge < -0.3 is 10.6 Å². The second-order valence-electron chi connectivity index (χ2n) is 7.78. The molecule has 0 amide bonds. The Kier molecular flexibility index (Phi) is 6.07. The maximum absolute atomic E-state index is 14.9. The van der Waals surface area contributed by atoms with Crippen LogP contribution in [0.4, 0.5) is 27.5 Å². The van der Waals surface area contributed by atoms with Crippen molar-refractivity contribution in [3.63, 3.8) is 0 Å². The van der Waals surface area contributed by atoms with Crippen LogP contribution in [0.5, 0.6) is 0 Å². The Morgan fingerprint density at radius 1 is 1.16 bits per heavy atom. The van der Waals surface area contributed by atoms with Gasteiger partial charge in [-0.3, -0.25) is 4.79 Å². The number of nitrogens with zero attached hydrogens (tertiary/aromatic N) is 2. The van der Waals surface area contributed by atoms with Gasteiger partial charge in [-0.1, -0.05) is 36.8 Å². The third kappa shape index (κ3) is 4.97. The lowest BCUT2D eigenvalue weighted by Crippen LogP contribution is -2.03. The van der Waals surface area contributed by atoms with Crippen LogP contribution in [0.1, 0.15) is 43.4 Å². The predicted octanol–water partition coefficient (Wildman–Crippen LogP) is 5.97. The van der Waals surface area contributed by atoms with E-state index in [4.69, 9.17) is 0 Å². The summed E-state index contributed by atoms with van der Waals surface area (Å²) in [4.78, 5) is 20.3. The highest BCUT2D eigenvalue weighted by Crippen LogP contribution is 2.32. The summed E-state index contributed by atoms with van der Waals surface area (Å²) in [6, 6.07) is 13.2.